The van der Waals surface area contributed by atoms with E-state index in [2.05, 4.69) is 0 Å². The summed E-state index contributed by atoms with van der Waals surface area (Å²) >= 11 is 0. The first-order valence-corrected chi connectivity index (χ1v) is 5.01. The van der Waals surface area contributed by atoms with Gasteiger partial charge >= 0.3 is 6.18 Å². The Kier molecular flexibility index (Phi) is 2.33. The van der Waals surface area contributed by atoms with Crippen LogP contribution in [0.15, 0.2) is 12.1 Å². The van der Waals surface area contributed by atoms with E-state index in [1.807, 2.05) is 6.07 Å². The minimum absolute atomic E-state index is 0.205. The van der Waals surface area contributed by atoms with Crippen molar-refractivity contribution in [3.63, 3.8) is 0 Å². The van der Waals surface area contributed by atoms with E-state index in [0.29, 0.717) is 5.56 Å². The highest BCUT2D eigenvalue weighted by molar-refractivity contribution is 6.03. The fourth-order valence-corrected chi connectivity index (χ4v) is 2.24. The standard InChI is InChI=1S/C12H11F3O/c1-6-3-7(2)8-5-10(12(13,14)15)11(16)9(8)4-6/h3-4,10H,5H2,1-2H3. The zero-order valence-electron chi connectivity index (χ0n) is 8.98. The predicted molar refractivity (Wildman–Crippen MR) is 53.5 cm³/mol. The summed E-state index contributed by atoms with van der Waals surface area (Å²) < 4.78 is 37.8. The molecule has 0 radical (unpaired) electrons. The summed E-state index contributed by atoms with van der Waals surface area (Å²) in [5.41, 5.74) is 2.40. The Labute approximate surface area is 91.3 Å². The van der Waals surface area contributed by atoms with Gasteiger partial charge < -0.3 is 0 Å². The van der Waals surface area contributed by atoms with Crippen LogP contribution in [0.3, 0.4) is 0 Å². The maximum Gasteiger partial charge on any atom is 0.399 e. The lowest BCUT2D eigenvalue weighted by atomic mass is 10.0. The first-order valence-electron chi connectivity index (χ1n) is 5.01. The Bertz CT molecular complexity index is 460. The third-order valence-corrected chi connectivity index (χ3v) is 3.00. The van der Waals surface area contributed by atoms with Crippen LogP contribution in [-0.2, 0) is 6.42 Å². The Hall–Kier alpha value is -1.32. The van der Waals surface area contributed by atoms with Crippen molar-refractivity contribution in [2.45, 2.75) is 26.4 Å². The SMILES string of the molecule is Cc1cc(C)c2c(c1)C(=O)C(C(F)(F)F)C2. The molecule has 86 valence electrons. The number of benzene rings is 1. The maximum atomic E-state index is 12.6. The maximum absolute atomic E-state index is 12.6. The van der Waals surface area contributed by atoms with Crippen molar-refractivity contribution < 1.29 is 18.0 Å². The molecule has 1 aromatic rings. The molecule has 1 nitrogen and oxygen atoms in total. The highest BCUT2D eigenvalue weighted by atomic mass is 19.4. The molecule has 0 aliphatic heterocycles. The van der Waals surface area contributed by atoms with Crippen LogP contribution >= 0.6 is 0 Å². The number of carbonyl (C=O) groups is 1. The smallest absolute Gasteiger partial charge is 0.293 e. The van der Waals surface area contributed by atoms with E-state index in [-0.39, 0.29) is 12.0 Å². The lowest BCUT2D eigenvalue weighted by Gasteiger charge is -2.11. The monoisotopic (exact) mass is 228 g/mol. The van der Waals surface area contributed by atoms with Crippen molar-refractivity contribution in [1.29, 1.82) is 0 Å². The van der Waals surface area contributed by atoms with E-state index in [0.717, 1.165) is 11.1 Å². The number of ketones is 1. The predicted octanol–water partition coefficient (Wildman–Crippen LogP) is 3.22. The highest BCUT2D eigenvalue weighted by Crippen LogP contribution is 2.39. The van der Waals surface area contributed by atoms with Crippen LogP contribution in [-0.4, -0.2) is 12.0 Å². The number of hydrogen-bond donors (Lipinski definition) is 0. The van der Waals surface area contributed by atoms with E-state index in [1.54, 1.807) is 19.9 Å². The molecule has 1 aromatic carbocycles. The third-order valence-electron chi connectivity index (χ3n) is 3.00. The molecule has 0 heterocycles. The number of Topliss-reactive ketones (excluding diaryl/α,β-unsaturated/α-hetero) is 1. The highest BCUT2D eigenvalue weighted by Gasteiger charge is 2.49. The molecule has 16 heavy (non-hydrogen) atoms. The molecule has 2 rings (SSSR count). The zero-order valence-corrected chi connectivity index (χ0v) is 8.98. The largest absolute Gasteiger partial charge is 0.399 e. The van der Waals surface area contributed by atoms with Crippen molar-refractivity contribution in [2.24, 2.45) is 5.92 Å². The van der Waals surface area contributed by atoms with Crippen molar-refractivity contribution in [3.8, 4) is 0 Å². The number of halogens is 3. The van der Waals surface area contributed by atoms with Gasteiger partial charge in [0, 0.05) is 5.56 Å². The lowest BCUT2D eigenvalue weighted by molar-refractivity contribution is -0.158. The molecule has 1 aliphatic carbocycles. The molecule has 4 heteroatoms. The van der Waals surface area contributed by atoms with Gasteiger partial charge in [0.05, 0.1) is 0 Å². The molecule has 0 aromatic heterocycles. The van der Waals surface area contributed by atoms with E-state index in [9.17, 15) is 18.0 Å². The Balaban J connectivity index is 2.51. The molecule has 0 amide bonds. The summed E-state index contributed by atoms with van der Waals surface area (Å²) in [7, 11) is 0. The number of alkyl halides is 3. The van der Waals surface area contributed by atoms with E-state index in [4.69, 9.17) is 0 Å². The van der Waals surface area contributed by atoms with Crippen LogP contribution < -0.4 is 0 Å². The minimum atomic E-state index is -4.43. The van der Waals surface area contributed by atoms with E-state index < -0.39 is 17.9 Å². The van der Waals surface area contributed by atoms with Crippen LogP contribution in [0.1, 0.15) is 27.0 Å². The van der Waals surface area contributed by atoms with Crippen LogP contribution in [0, 0.1) is 19.8 Å². The van der Waals surface area contributed by atoms with Gasteiger partial charge in [-0.15, -0.1) is 0 Å². The minimum Gasteiger partial charge on any atom is -0.293 e. The topological polar surface area (TPSA) is 17.1 Å². The van der Waals surface area contributed by atoms with E-state index in [1.165, 1.54) is 0 Å². The van der Waals surface area contributed by atoms with Gasteiger partial charge in [-0.2, -0.15) is 13.2 Å². The van der Waals surface area contributed by atoms with Gasteiger partial charge in [0.2, 0.25) is 0 Å². The van der Waals surface area contributed by atoms with Crippen LogP contribution in [0.5, 0.6) is 0 Å². The van der Waals surface area contributed by atoms with E-state index >= 15 is 0 Å². The molecule has 0 saturated carbocycles. The number of fused-ring (bicyclic) bond motifs is 1. The second kappa shape index (κ2) is 3.34. The average molecular weight is 228 g/mol. The molecule has 1 unspecified atom stereocenters. The molecule has 1 atom stereocenters. The average Bonchev–Trinajstić information content (AvgIpc) is 2.43. The van der Waals surface area contributed by atoms with Gasteiger partial charge in [-0.1, -0.05) is 11.6 Å². The Morgan fingerprint density at radius 3 is 2.44 bits per heavy atom. The molecular weight excluding hydrogens is 217 g/mol. The fourth-order valence-electron chi connectivity index (χ4n) is 2.24. The van der Waals surface area contributed by atoms with Gasteiger partial charge in [-0.25, -0.2) is 0 Å². The van der Waals surface area contributed by atoms with Crippen LogP contribution in [0.2, 0.25) is 0 Å². The summed E-state index contributed by atoms with van der Waals surface area (Å²) in [4.78, 5) is 11.6. The molecule has 0 bridgehead atoms. The summed E-state index contributed by atoms with van der Waals surface area (Å²) in [6.45, 7) is 3.53. The van der Waals surface area contributed by atoms with Crippen molar-refractivity contribution >= 4 is 5.78 Å². The van der Waals surface area contributed by atoms with Crippen molar-refractivity contribution in [1.82, 2.24) is 0 Å². The molecular formula is C12H11F3O. The zero-order chi connectivity index (χ0) is 12.1. The summed E-state index contributed by atoms with van der Waals surface area (Å²) in [5.74, 6) is -2.63. The first-order chi connectivity index (χ1) is 7.30. The normalized spacial score (nSPS) is 20.1. The number of hydrogen-bond acceptors (Lipinski definition) is 1. The van der Waals surface area contributed by atoms with Gasteiger partial charge in [0.25, 0.3) is 0 Å². The quantitative estimate of drug-likeness (QED) is 0.666. The number of rotatable bonds is 0. The Morgan fingerprint density at radius 1 is 1.25 bits per heavy atom. The Morgan fingerprint density at radius 2 is 1.88 bits per heavy atom. The van der Waals surface area contributed by atoms with Crippen LogP contribution in [0.4, 0.5) is 13.2 Å². The van der Waals surface area contributed by atoms with Gasteiger partial charge in [-0.3, -0.25) is 4.79 Å². The second-order valence-corrected chi connectivity index (χ2v) is 4.27. The molecule has 0 N–H and O–H groups in total. The third kappa shape index (κ3) is 1.62. The lowest BCUT2D eigenvalue weighted by Crippen LogP contribution is -2.27. The second-order valence-electron chi connectivity index (χ2n) is 4.27. The molecule has 0 fully saturated rings. The van der Waals surface area contributed by atoms with Crippen LogP contribution in [0.25, 0.3) is 0 Å². The van der Waals surface area contributed by atoms with Gasteiger partial charge in [0.1, 0.15) is 5.92 Å². The summed E-state index contributed by atoms with van der Waals surface area (Å²) in [6.07, 6.45) is -4.64. The number of carbonyl (C=O) groups excluding carboxylic acids is 1. The van der Waals surface area contributed by atoms with Gasteiger partial charge in [0.15, 0.2) is 5.78 Å². The number of aryl methyl sites for hydroxylation is 2. The molecule has 1 aliphatic rings. The molecule has 0 spiro atoms. The first kappa shape index (κ1) is 11.2. The van der Waals surface area contributed by atoms with Crippen molar-refractivity contribution in [2.75, 3.05) is 0 Å². The summed E-state index contributed by atoms with van der Waals surface area (Å²) in [5, 5.41) is 0. The van der Waals surface area contributed by atoms with Gasteiger partial charge in [-0.05, 0) is 37.5 Å². The summed E-state index contributed by atoms with van der Waals surface area (Å²) in [6, 6.07) is 3.36. The molecule has 0 saturated heterocycles. The fraction of sp³-hybridized carbons (Fsp3) is 0.417. The van der Waals surface area contributed by atoms with Crippen molar-refractivity contribution in [3.05, 3.63) is 34.4 Å².